The molecule has 2 rings (SSSR count). The van der Waals surface area contributed by atoms with E-state index >= 15 is 0 Å². The Hall–Kier alpha value is -3.73. The van der Waals surface area contributed by atoms with Gasteiger partial charge >= 0.3 is 5.97 Å². The number of nitrogens with one attached hydrogen (secondary N) is 1. The maximum Gasteiger partial charge on any atom is 0.339 e. The SMILES string of the molecule is Cc1c(C)c(C)c(C(=O)OCC(=O)Nc2ccc([N+](=O)[O-])cc2C#N)c(C)c1C. The molecule has 0 aromatic heterocycles. The Morgan fingerprint density at radius 3 is 2.14 bits per heavy atom. The molecule has 0 radical (unpaired) electrons. The Labute approximate surface area is 168 Å². The number of non-ortho nitro benzene ring substituents is 1. The molecule has 0 saturated heterocycles. The van der Waals surface area contributed by atoms with Gasteiger partial charge < -0.3 is 10.1 Å². The predicted octanol–water partition coefficient (Wildman–Crippen LogP) is 3.80. The van der Waals surface area contributed by atoms with E-state index in [9.17, 15) is 19.7 Å². The van der Waals surface area contributed by atoms with Gasteiger partial charge in [-0.05, 0) is 68.5 Å². The van der Waals surface area contributed by atoms with Crippen LogP contribution in [0.3, 0.4) is 0 Å². The monoisotopic (exact) mass is 395 g/mol. The third-order valence-corrected chi connectivity index (χ3v) is 5.15. The van der Waals surface area contributed by atoms with Gasteiger partial charge in [0.05, 0.1) is 21.7 Å². The first-order chi connectivity index (χ1) is 13.6. The highest BCUT2D eigenvalue weighted by Crippen LogP contribution is 2.26. The Balaban J connectivity index is 2.14. The molecule has 0 aliphatic rings. The molecule has 8 heteroatoms. The summed E-state index contributed by atoms with van der Waals surface area (Å²) in [6, 6.07) is 5.29. The van der Waals surface area contributed by atoms with E-state index in [-0.39, 0.29) is 16.9 Å². The van der Waals surface area contributed by atoms with E-state index in [1.54, 1.807) is 6.07 Å². The second-order valence-electron chi connectivity index (χ2n) is 6.72. The topological polar surface area (TPSA) is 122 Å². The van der Waals surface area contributed by atoms with Crippen molar-refractivity contribution < 1.29 is 19.2 Å². The number of esters is 1. The van der Waals surface area contributed by atoms with Crippen LogP contribution in [0.5, 0.6) is 0 Å². The Kier molecular flexibility index (Phi) is 6.34. The van der Waals surface area contributed by atoms with E-state index in [4.69, 9.17) is 10.00 Å². The molecule has 0 unspecified atom stereocenters. The third-order valence-electron chi connectivity index (χ3n) is 5.15. The molecule has 0 aliphatic carbocycles. The second kappa shape index (κ2) is 8.52. The van der Waals surface area contributed by atoms with E-state index in [0.717, 1.165) is 33.9 Å². The molecule has 8 nitrogen and oxygen atoms in total. The van der Waals surface area contributed by atoms with E-state index in [1.165, 1.54) is 12.1 Å². The van der Waals surface area contributed by atoms with E-state index in [2.05, 4.69) is 5.32 Å². The minimum atomic E-state index is -0.653. The first kappa shape index (κ1) is 21.6. The fraction of sp³-hybridized carbons (Fsp3) is 0.286. The van der Waals surface area contributed by atoms with Gasteiger partial charge in [0.1, 0.15) is 6.07 Å². The average Bonchev–Trinajstić information content (AvgIpc) is 2.69. The Morgan fingerprint density at radius 1 is 1.07 bits per heavy atom. The number of hydrogen-bond donors (Lipinski definition) is 1. The first-order valence-electron chi connectivity index (χ1n) is 8.80. The summed E-state index contributed by atoms with van der Waals surface area (Å²) in [7, 11) is 0. The molecule has 2 aromatic rings. The van der Waals surface area contributed by atoms with Gasteiger partial charge in [-0.25, -0.2) is 4.79 Å². The van der Waals surface area contributed by atoms with Gasteiger partial charge in [-0.3, -0.25) is 14.9 Å². The van der Waals surface area contributed by atoms with Crippen molar-refractivity contribution in [1.82, 2.24) is 0 Å². The third kappa shape index (κ3) is 4.41. The van der Waals surface area contributed by atoms with Crippen LogP contribution < -0.4 is 5.32 Å². The number of carbonyl (C=O) groups excluding carboxylic acids is 2. The standard InChI is InChI=1S/C21H21N3O5/c1-11-12(2)14(4)20(15(5)13(11)3)21(26)29-10-19(25)23-18-7-6-17(24(27)28)8-16(18)9-22/h6-8H,10H2,1-5H3,(H,23,25). The lowest BCUT2D eigenvalue weighted by molar-refractivity contribution is -0.384. The number of hydrogen-bond acceptors (Lipinski definition) is 6. The summed E-state index contributed by atoms with van der Waals surface area (Å²) < 4.78 is 5.17. The van der Waals surface area contributed by atoms with Crippen LogP contribution in [0.15, 0.2) is 18.2 Å². The minimum Gasteiger partial charge on any atom is -0.452 e. The average molecular weight is 395 g/mol. The number of amides is 1. The highest BCUT2D eigenvalue weighted by Gasteiger charge is 2.20. The molecule has 150 valence electrons. The molecular formula is C21H21N3O5. The summed E-state index contributed by atoms with van der Waals surface area (Å²) in [5, 5.41) is 22.4. The number of nitro benzene ring substituents is 1. The maximum absolute atomic E-state index is 12.6. The molecule has 0 aliphatic heterocycles. The van der Waals surface area contributed by atoms with Gasteiger partial charge in [-0.2, -0.15) is 5.26 Å². The molecule has 1 N–H and O–H groups in total. The van der Waals surface area contributed by atoms with Gasteiger partial charge in [0, 0.05) is 12.1 Å². The van der Waals surface area contributed by atoms with Gasteiger partial charge in [-0.1, -0.05) is 0 Å². The summed E-state index contributed by atoms with van der Waals surface area (Å²) in [5.41, 5.74) is 4.92. The molecule has 0 spiro atoms. The molecule has 0 bridgehead atoms. The molecule has 1 amide bonds. The molecular weight excluding hydrogens is 374 g/mol. The van der Waals surface area contributed by atoms with Gasteiger partial charge in [0.2, 0.25) is 0 Å². The van der Waals surface area contributed by atoms with Crippen LogP contribution in [0.2, 0.25) is 0 Å². The summed E-state index contributed by atoms with van der Waals surface area (Å²) in [4.78, 5) is 34.9. The van der Waals surface area contributed by atoms with Crippen LogP contribution in [0.4, 0.5) is 11.4 Å². The number of anilines is 1. The quantitative estimate of drug-likeness (QED) is 0.467. The van der Waals surface area contributed by atoms with Crippen LogP contribution in [-0.4, -0.2) is 23.4 Å². The predicted molar refractivity (Wildman–Crippen MR) is 107 cm³/mol. The summed E-state index contributed by atoms with van der Waals surface area (Å²) in [6.07, 6.45) is 0. The normalized spacial score (nSPS) is 10.2. The lowest BCUT2D eigenvalue weighted by atomic mass is 9.90. The summed E-state index contributed by atoms with van der Waals surface area (Å²) in [5.74, 6) is -1.26. The summed E-state index contributed by atoms with van der Waals surface area (Å²) >= 11 is 0. The van der Waals surface area contributed by atoms with Crippen LogP contribution in [0.1, 0.15) is 43.7 Å². The highest BCUT2D eigenvalue weighted by atomic mass is 16.6. The van der Waals surface area contributed by atoms with Crippen molar-refractivity contribution in [3.63, 3.8) is 0 Å². The van der Waals surface area contributed by atoms with Crippen molar-refractivity contribution in [2.75, 3.05) is 11.9 Å². The van der Waals surface area contributed by atoms with Crippen LogP contribution in [-0.2, 0) is 9.53 Å². The summed E-state index contributed by atoms with van der Waals surface area (Å²) in [6.45, 7) is 8.97. The maximum atomic E-state index is 12.6. The zero-order valence-electron chi connectivity index (χ0n) is 16.9. The van der Waals surface area contributed by atoms with Crippen molar-refractivity contribution in [2.24, 2.45) is 0 Å². The molecule has 0 heterocycles. The van der Waals surface area contributed by atoms with Gasteiger partial charge in [0.15, 0.2) is 6.61 Å². The minimum absolute atomic E-state index is 0.0599. The van der Waals surface area contributed by atoms with Gasteiger partial charge in [0.25, 0.3) is 11.6 Å². The molecule has 2 aromatic carbocycles. The fourth-order valence-electron chi connectivity index (χ4n) is 3.04. The number of nitrogens with zero attached hydrogens (tertiary/aromatic N) is 2. The van der Waals surface area contributed by atoms with Crippen molar-refractivity contribution in [3.05, 3.63) is 67.3 Å². The fourth-order valence-corrected chi connectivity index (χ4v) is 3.04. The van der Waals surface area contributed by atoms with E-state index in [0.29, 0.717) is 5.56 Å². The number of carbonyl (C=O) groups is 2. The van der Waals surface area contributed by atoms with Crippen LogP contribution >= 0.6 is 0 Å². The Morgan fingerprint density at radius 2 is 1.62 bits per heavy atom. The molecule has 0 atom stereocenters. The van der Waals surface area contributed by atoms with Crippen molar-refractivity contribution in [1.29, 1.82) is 5.26 Å². The number of nitriles is 1. The van der Waals surface area contributed by atoms with Crippen molar-refractivity contribution >= 4 is 23.3 Å². The number of rotatable bonds is 5. The molecule has 29 heavy (non-hydrogen) atoms. The van der Waals surface area contributed by atoms with Crippen LogP contribution in [0, 0.1) is 56.1 Å². The largest absolute Gasteiger partial charge is 0.452 e. The number of ether oxygens (including phenoxy) is 1. The van der Waals surface area contributed by atoms with E-state index < -0.39 is 23.4 Å². The second-order valence-corrected chi connectivity index (χ2v) is 6.72. The zero-order valence-corrected chi connectivity index (χ0v) is 16.9. The van der Waals surface area contributed by atoms with Gasteiger partial charge in [-0.15, -0.1) is 0 Å². The Bertz CT molecular complexity index is 1040. The smallest absolute Gasteiger partial charge is 0.339 e. The molecule has 0 fully saturated rings. The van der Waals surface area contributed by atoms with E-state index in [1.807, 2.05) is 34.6 Å². The highest BCUT2D eigenvalue weighted by molar-refractivity contribution is 5.98. The number of nitro groups is 1. The zero-order chi connectivity index (χ0) is 21.9. The molecule has 0 saturated carbocycles. The van der Waals surface area contributed by atoms with Crippen LogP contribution in [0.25, 0.3) is 0 Å². The van der Waals surface area contributed by atoms with Crippen molar-refractivity contribution in [2.45, 2.75) is 34.6 Å². The number of benzene rings is 2. The van der Waals surface area contributed by atoms with Crippen molar-refractivity contribution in [3.8, 4) is 6.07 Å². The lowest BCUT2D eigenvalue weighted by Gasteiger charge is -2.17. The lowest BCUT2D eigenvalue weighted by Crippen LogP contribution is -2.22. The first-order valence-corrected chi connectivity index (χ1v) is 8.80.